The van der Waals surface area contributed by atoms with E-state index in [2.05, 4.69) is 33.5 Å². The van der Waals surface area contributed by atoms with Crippen molar-refractivity contribution in [3.63, 3.8) is 0 Å². The van der Waals surface area contributed by atoms with Crippen LogP contribution in [-0.2, 0) is 0 Å². The second kappa shape index (κ2) is 12.9. The Labute approximate surface area is 215 Å². The van der Waals surface area contributed by atoms with Crippen molar-refractivity contribution in [3.8, 4) is 5.75 Å². The standard InChI is InChI=1S/C26H32BrN3O3S/c1-3-4-16-33-23-15-14-18(17-21(23)27)24(31)29-26(34)30(2)22-13-9-8-12-20(22)25(32)28-19-10-6-5-7-11-19/h8-9,12-15,17,19H,3-7,10-11,16H2,1-2H3,(H,28,32)(H,29,31,34). The zero-order valence-electron chi connectivity index (χ0n) is 19.7. The van der Waals surface area contributed by atoms with E-state index in [1.54, 1.807) is 36.2 Å². The lowest BCUT2D eigenvalue weighted by atomic mass is 9.95. The number of ether oxygens (including phenoxy) is 1. The van der Waals surface area contributed by atoms with Crippen molar-refractivity contribution in [2.45, 2.75) is 57.9 Å². The first-order valence-corrected chi connectivity index (χ1v) is 13.0. The highest BCUT2D eigenvalue weighted by molar-refractivity contribution is 9.10. The normalized spacial score (nSPS) is 13.7. The molecule has 8 heteroatoms. The van der Waals surface area contributed by atoms with E-state index in [1.807, 2.05) is 18.2 Å². The van der Waals surface area contributed by atoms with Crippen LogP contribution >= 0.6 is 28.1 Å². The van der Waals surface area contributed by atoms with Gasteiger partial charge in [-0.25, -0.2) is 0 Å². The Kier molecular flexibility index (Phi) is 9.89. The molecule has 3 rings (SSSR count). The largest absolute Gasteiger partial charge is 0.492 e. The number of carbonyl (C=O) groups excluding carboxylic acids is 2. The third kappa shape index (κ3) is 7.03. The van der Waals surface area contributed by atoms with E-state index >= 15 is 0 Å². The Hall–Kier alpha value is -2.45. The molecule has 2 N–H and O–H groups in total. The fourth-order valence-corrected chi connectivity index (χ4v) is 4.60. The molecule has 0 saturated heterocycles. The van der Waals surface area contributed by atoms with Crippen LogP contribution in [0.3, 0.4) is 0 Å². The summed E-state index contributed by atoms with van der Waals surface area (Å²) in [6, 6.07) is 12.7. The molecule has 0 aromatic heterocycles. The highest BCUT2D eigenvalue weighted by atomic mass is 79.9. The monoisotopic (exact) mass is 545 g/mol. The van der Waals surface area contributed by atoms with Crippen LogP contribution in [0.1, 0.15) is 72.6 Å². The van der Waals surface area contributed by atoms with Gasteiger partial charge >= 0.3 is 0 Å². The first kappa shape index (κ1) is 26.2. The van der Waals surface area contributed by atoms with Crippen LogP contribution in [-0.4, -0.2) is 36.6 Å². The van der Waals surface area contributed by atoms with Gasteiger partial charge in [0.05, 0.1) is 22.3 Å². The van der Waals surface area contributed by atoms with Gasteiger partial charge in [-0.2, -0.15) is 0 Å². The van der Waals surface area contributed by atoms with Gasteiger partial charge in [-0.1, -0.05) is 44.7 Å². The van der Waals surface area contributed by atoms with Crippen LogP contribution in [0.4, 0.5) is 5.69 Å². The molecule has 0 atom stereocenters. The summed E-state index contributed by atoms with van der Waals surface area (Å²) in [4.78, 5) is 27.5. The highest BCUT2D eigenvalue weighted by Gasteiger charge is 2.21. The van der Waals surface area contributed by atoms with Crippen LogP contribution < -0.4 is 20.3 Å². The fraction of sp³-hybridized carbons (Fsp3) is 0.423. The lowest BCUT2D eigenvalue weighted by molar-refractivity contribution is 0.0927. The molecule has 0 unspecified atom stereocenters. The third-order valence-corrected chi connectivity index (χ3v) is 6.92. The van der Waals surface area contributed by atoms with Crippen LogP contribution in [0, 0.1) is 0 Å². The summed E-state index contributed by atoms with van der Waals surface area (Å²) >= 11 is 8.97. The Morgan fingerprint density at radius 3 is 2.56 bits per heavy atom. The predicted molar refractivity (Wildman–Crippen MR) is 144 cm³/mol. The van der Waals surface area contributed by atoms with Crippen molar-refractivity contribution in [2.75, 3.05) is 18.6 Å². The van der Waals surface area contributed by atoms with Gasteiger partial charge in [0.15, 0.2) is 5.11 Å². The first-order chi connectivity index (χ1) is 16.4. The van der Waals surface area contributed by atoms with Gasteiger partial charge in [0.25, 0.3) is 11.8 Å². The smallest absolute Gasteiger partial charge is 0.257 e. The molecule has 0 spiro atoms. The number of amides is 2. The van der Waals surface area contributed by atoms with E-state index in [0.717, 1.165) is 38.5 Å². The van der Waals surface area contributed by atoms with Gasteiger partial charge in [0.1, 0.15) is 5.75 Å². The molecule has 1 aliphatic rings. The number of anilines is 1. The molecule has 1 saturated carbocycles. The van der Waals surface area contributed by atoms with E-state index in [4.69, 9.17) is 17.0 Å². The number of thiocarbonyl (C=S) groups is 1. The summed E-state index contributed by atoms with van der Waals surface area (Å²) in [5, 5.41) is 6.13. The maximum atomic E-state index is 13.0. The fourth-order valence-electron chi connectivity index (χ4n) is 3.92. The van der Waals surface area contributed by atoms with E-state index < -0.39 is 0 Å². The predicted octanol–water partition coefficient (Wildman–Crippen LogP) is 5.84. The topological polar surface area (TPSA) is 70.7 Å². The number of hydrogen-bond acceptors (Lipinski definition) is 4. The number of rotatable bonds is 8. The summed E-state index contributed by atoms with van der Waals surface area (Å²) in [6.45, 7) is 2.73. The van der Waals surface area contributed by atoms with Crippen molar-refractivity contribution >= 4 is 50.8 Å². The van der Waals surface area contributed by atoms with Gasteiger partial charge < -0.3 is 15.0 Å². The van der Waals surface area contributed by atoms with Crippen molar-refractivity contribution in [3.05, 3.63) is 58.1 Å². The Balaban J connectivity index is 1.66. The maximum absolute atomic E-state index is 13.0. The minimum absolute atomic E-state index is 0.119. The number of nitrogens with one attached hydrogen (secondary N) is 2. The van der Waals surface area contributed by atoms with Gasteiger partial charge in [0.2, 0.25) is 0 Å². The molecule has 0 radical (unpaired) electrons. The molecule has 0 heterocycles. The van der Waals surface area contributed by atoms with Gasteiger partial charge in [-0.05, 0) is 77.7 Å². The number of nitrogens with zero attached hydrogens (tertiary/aromatic N) is 1. The summed E-state index contributed by atoms with van der Waals surface area (Å²) < 4.78 is 6.44. The van der Waals surface area contributed by atoms with E-state index in [-0.39, 0.29) is 23.0 Å². The molecule has 2 aromatic rings. The molecule has 0 aliphatic heterocycles. The van der Waals surface area contributed by atoms with Gasteiger partial charge in [-0.3, -0.25) is 14.9 Å². The number of para-hydroxylation sites is 1. The molecular weight excluding hydrogens is 514 g/mol. The number of halogens is 1. The van der Waals surface area contributed by atoms with Crippen LogP contribution in [0.5, 0.6) is 5.75 Å². The molecule has 0 bridgehead atoms. The number of unbranched alkanes of at least 4 members (excludes halogenated alkanes) is 1. The Bertz CT molecular complexity index is 1020. The van der Waals surface area contributed by atoms with E-state index in [1.165, 1.54) is 6.42 Å². The van der Waals surface area contributed by atoms with Crippen LogP contribution in [0.2, 0.25) is 0 Å². The molecule has 2 amide bonds. The summed E-state index contributed by atoms with van der Waals surface area (Å²) in [5.74, 6) is 0.246. The molecule has 6 nitrogen and oxygen atoms in total. The zero-order valence-corrected chi connectivity index (χ0v) is 22.1. The first-order valence-electron chi connectivity index (χ1n) is 11.8. The van der Waals surface area contributed by atoms with Gasteiger partial charge in [0, 0.05) is 18.7 Å². The minimum Gasteiger partial charge on any atom is -0.492 e. The van der Waals surface area contributed by atoms with Crippen molar-refractivity contribution in [1.29, 1.82) is 0 Å². The van der Waals surface area contributed by atoms with E-state index in [0.29, 0.717) is 33.6 Å². The minimum atomic E-state index is -0.332. The molecule has 1 aliphatic carbocycles. The van der Waals surface area contributed by atoms with Crippen LogP contribution in [0.25, 0.3) is 0 Å². The number of benzene rings is 2. The molecule has 34 heavy (non-hydrogen) atoms. The van der Waals surface area contributed by atoms with Gasteiger partial charge in [-0.15, -0.1) is 0 Å². The molecule has 1 fully saturated rings. The average Bonchev–Trinajstić information content (AvgIpc) is 2.85. The van der Waals surface area contributed by atoms with Crippen LogP contribution in [0.15, 0.2) is 46.9 Å². The molecule has 182 valence electrons. The van der Waals surface area contributed by atoms with E-state index in [9.17, 15) is 9.59 Å². The molecular formula is C26H32BrN3O3S. The second-order valence-electron chi connectivity index (χ2n) is 8.49. The summed E-state index contributed by atoms with van der Waals surface area (Å²) in [7, 11) is 1.75. The summed E-state index contributed by atoms with van der Waals surface area (Å²) in [5.41, 5.74) is 1.62. The number of carbonyl (C=O) groups is 2. The zero-order chi connectivity index (χ0) is 24.5. The maximum Gasteiger partial charge on any atom is 0.257 e. The highest BCUT2D eigenvalue weighted by Crippen LogP contribution is 2.27. The summed E-state index contributed by atoms with van der Waals surface area (Å²) in [6.07, 6.45) is 7.55. The molecule has 2 aromatic carbocycles. The Morgan fingerprint density at radius 2 is 1.85 bits per heavy atom. The third-order valence-electron chi connectivity index (χ3n) is 5.93. The quantitative estimate of drug-likeness (QED) is 0.322. The van der Waals surface area contributed by atoms with Crippen molar-refractivity contribution in [1.82, 2.24) is 10.6 Å². The van der Waals surface area contributed by atoms with Crippen molar-refractivity contribution in [2.24, 2.45) is 0 Å². The Morgan fingerprint density at radius 1 is 1.12 bits per heavy atom. The second-order valence-corrected chi connectivity index (χ2v) is 9.73. The lowest BCUT2D eigenvalue weighted by Crippen LogP contribution is -2.42. The average molecular weight is 547 g/mol. The van der Waals surface area contributed by atoms with Crippen molar-refractivity contribution < 1.29 is 14.3 Å². The lowest BCUT2D eigenvalue weighted by Gasteiger charge is -2.26. The SMILES string of the molecule is CCCCOc1ccc(C(=O)NC(=S)N(C)c2ccccc2C(=O)NC2CCCCC2)cc1Br. The number of hydrogen-bond donors (Lipinski definition) is 2.